The van der Waals surface area contributed by atoms with E-state index in [0.717, 1.165) is 37.6 Å². The number of anilines is 1. The summed E-state index contributed by atoms with van der Waals surface area (Å²) in [5, 5.41) is 4.62. The first-order valence-electron chi connectivity index (χ1n) is 9.75. The van der Waals surface area contributed by atoms with Crippen LogP contribution in [0.3, 0.4) is 0 Å². The van der Waals surface area contributed by atoms with E-state index in [2.05, 4.69) is 65.0 Å². The molecule has 1 heterocycles. The number of nitrogens with one attached hydrogen (secondary N) is 1. The van der Waals surface area contributed by atoms with E-state index in [1.807, 2.05) is 12.1 Å². The smallest absolute Gasteiger partial charge is 0.147 e. The fourth-order valence-electron chi connectivity index (χ4n) is 3.03. The third-order valence-electron chi connectivity index (χ3n) is 4.50. The zero-order valence-corrected chi connectivity index (χ0v) is 17.1. The molecule has 144 valence electrons. The molecule has 0 aliphatic heterocycles. The zero-order chi connectivity index (χ0) is 18.9. The molecule has 0 saturated carbocycles. The van der Waals surface area contributed by atoms with E-state index in [-0.39, 0.29) is 0 Å². The van der Waals surface area contributed by atoms with Gasteiger partial charge in [-0.2, -0.15) is 4.37 Å². The van der Waals surface area contributed by atoms with Crippen molar-refractivity contribution < 1.29 is 4.74 Å². The zero-order valence-electron chi connectivity index (χ0n) is 16.3. The van der Waals surface area contributed by atoms with Crippen LogP contribution in [-0.2, 0) is 6.54 Å². The highest BCUT2D eigenvalue weighted by molar-refractivity contribution is 7.13. The van der Waals surface area contributed by atoms with Crippen molar-refractivity contribution in [3.63, 3.8) is 0 Å². The van der Waals surface area contributed by atoms with Crippen molar-refractivity contribution in [1.82, 2.24) is 9.27 Å². The normalized spacial score (nSPS) is 11.2. The van der Waals surface area contributed by atoms with Crippen LogP contribution in [0.4, 0.5) is 5.82 Å². The lowest BCUT2D eigenvalue weighted by Crippen LogP contribution is -2.18. The average molecular weight is 384 g/mol. The number of unbranched alkanes of at least 4 members (excludes halogenated alkanes) is 1. The Bertz CT molecular complexity index is 833. The molecule has 5 heteroatoms. The van der Waals surface area contributed by atoms with Crippen LogP contribution in [0, 0.1) is 0 Å². The number of benzene rings is 2. The SMILES string of the molecule is CCCCN(C)Cc1cccc(OCCCNc2nsc3ccccc23)c1. The molecule has 0 fully saturated rings. The van der Waals surface area contributed by atoms with Gasteiger partial charge in [0.2, 0.25) is 0 Å². The van der Waals surface area contributed by atoms with Crippen LogP contribution in [0.15, 0.2) is 48.5 Å². The fourth-order valence-corrected chi connectivity index (χ4v) is 3.79. The second-order valence-corrected chi connectivity index (χ2v) is 7.70. The van der Waals surface area contributed by atoms with E-state index in [4.69, 9.17) is 4.74 Å². The lowest BCUT2D eigenvalue weighted by atomic mass is 10.2. The highest BCUT2D eigenvalue weighted by Gasteiger charge is 2.05. The van der Waals surface area contributed by atoms with Gasteiger partial charge in [-0.05, 0) is 67.8 Å². The van der Waals surface area contributed by atoms with Crippen LogP contribution in [0.2, 0.25) is 0 Å². The topological polar surface area (TPSA) is 37.4 Å². The molecule has 2 aromatic carbocycles. The molecule has 0 spiro atoms. The van der Waals surface area contributed by atoms with Gasteiger partial charge in [0, 0.05) is 18.5 Å². The molecule has 27 heavy (non-hydrogen) atoms. The molecule has 4 nitrogen and oxygen atoms in total. The fraction of sp³-hybridized carbons (Fsp3) is 0.409. The lowest BCUT2D eigenvalue weighted by molar-refractivity contribution is 0.308. The molecule has 3 rings (SSSR count). The van der Waals surface area contributed by atoms with Crippen LogP contribution >= 0.6 is 11.5 Å². The Morgan fingerprint density at radius 3 is 2.89 bits per heavy atom. The summed E-state index contributed by atoms with van der Waals surface area (Å²) in [5.41, 5.74) is 1.30. The van der Waals surface area contributed by atoms with Gasteiger partial charge in [-0.15, -0.1) is 0 Å². The standard InChI is InChI=1S/C22H29N3OS/c1-3-4-14-25(2)17-18-9-7-10-19(16-18)26-15-8-13-23-22-20-11-5-6-12-21(20)27-24-22/h5-7,9-12,16H,3-4,8,13-15,17H2,1-2H3,(H,23,24). The third-order valence-corrected chi connectivity index (χ3v) is 5.33. The Kier molecular flexibility index (Phi) is 7.48. The van der Waals surface area contributed by atoms with E-state index in [1.54, 1.807) is 0 Å². The molecular weight excluding hydrogens is 354 g/mol. The summed E-state index contributed by atoms with van der Waals surface area (Å²) in [5.74, 6) is 1.93. The van der Waals surface area contributed by atoms with E-state index in [1.165, 1.54) is 40.0 Å². The van der Waals surface area contributed by atoms with Crippen molar-refractivity contribution in [2.45, 2.75) is 32.7 Å². The summed E-state index contributed by atoms with van der Waals surface area (Å²) in [6.07, 6.45) is 3.42. The number of rotatable bonds is 11. The van der Waals surface area contributed by atoms with Crippen LogP contribution in [0.5, 0.6) is 5.75 Å². The second kappa shape index (κ2) is 10.3. The Balaban J connectivity index is 1.40. The summed E-state index contributed by atoms with van der Waals surface area (Å²) >= 11 is 1.54. The van der Waals surface area contributed by atoms with Crippen molar-refractivity contribution in [2.24, 2.45) is 0 Å². The Hall–Kier alpha value is -2.11. The van der Waals surface area contributed by atoms with Gasteiger partial charge in [-0.3, -0.25) is 0 Å². The second-order valence-electron chi connectivity index (χ2n) is 6.89. The van der Waals surface area contributed by atoms with Crippen LogP contribution in [0.25, 0.3) is 10.1 Å². The van der Waals surface area contributed by atoms with E-state index in [0.29, 0.717) is 6.61 Å². The summed E-state index contributed by atoms with van der Waals surface area (Å²) in [7, 11) is 2.18. The maximum absolute atomic E-state index is 5.94. The Morgan fingerprint density at radius 2 is 2.00 bits per heavy atom. The van der Waals surface area contributed by atoms with Crippen molar-refractivity contribution in [2.75, 3.05) is 32.1 Å². The average Bonchev–Trinajstić information content (AvgIpc) is 3.10. The maximum Gasteiger partial charge on any atom is 0.147 e. The van der Waals surface area contributed by atoms with Gasteiger partial charge in [0.05, 0.1) is 11.3 Å². The molecule has 0 radical (unpaired) electrons. The van der Waals surface area contributed by atoms with Gasteiger partial charge in [0.15, 0.2) is 0 Å². The van der Waals surface area contributed by atoms with Gasteiger partial charge in [-0.25, -0.2) is 0 Å². The third kappa shape index (κ3) is 5.94. The summed E-state index contributed by atoms with van der Waals surface area (Å²) in [6, 6.07) is 16.8. The molecular formula is C22H29N3OS. The number of ether oxygens (including phenoxy) is 1. The molecule has 0 saturated heterocycles. The van der Waals surface area contributed by atoms with Crippen molar-refractivity contribution in [3.05, 3.63) is 54.1 Å². The van der Waals surface area contributed by atoms with Crippen molar-refractivity contribution >= 4 is 27.4 Å². The molecule has 0 amide bonds. The molecule has 3 aromatic rings. The van der Waals surface area contributed by atoms with Gasteiger partial charge >= 0.3 is 0 Å². The molecule has 1 aromatic heterocycles. The molecule has 1 N–H and O–H groups in total. The van der Waals surface area contributed by atoms with E-state index < -0.39 is 0 Å². The van der Waals surface area contributed by atoms with Crippen molar-refractivity contribution in [3.8, 4) is 5.75 Å². The van der Waals surface area contributed by atoms with E-state index >= 15 is 0 Å². The van der Waals surface area contributed by atoms with E-state index in [9.17, 15) is 0 Å². The van der Waals surface area contributed by atoms with Gasteiger partial charge < -0.3 is 15.0 Å². The first-order valence-corrected chi connectivity index (χ1v) is 10.5. The largest absolute Gasteiger partial charge is 0.494 e. The monoisotopic (exact) mass is 383 g/mol. The molecule has 0 atom stereocenters. The minimum absolute atomic E-state index is 0.699. The molecule has 0 aliphatic carbocycles. The first-order chi connectivity index (χ1) is 13.3. The quantitative estimate of drug-likeness (QED) is 0.449. The van der Waals surface area contributed by atoms with Crippen molar-refractivity contribution in [1.29, 1.82) is 0 Å². The van der Waals surface area contributed by atoms with Crippen LogP contribution in [-0.4, -0.2) is 36.0 Å². The van der Waals surface area contributed by atoms with Crippen LogP contribution < -0.4 is 10.1 Å². The minimum atomic E-state index is 0.699. The number of aromatic nitrogens is 1. The Morgan fingerprint density at radius 1 is 1.11 bits per heavy atom. The number of nitrogens with zero attached hydrogens (tertiary/aromatic N) is 2. The lowest BCUT2D eigenvalue weighted by Gasteiger charge is -2.16. The molecule has 0 bridgehead atoms. The molecule has 0 aliphatic rings. The summed E-state index contributed by atoms with van der Waals surface area (Å²) < 4.78 is 11.7. The molecule has 0 unspecified atom stereocenters. The highest BCUT2D eigenvalue weighted by atomic mass is 32.1. The predicted octanol–water partition coefficient (Wildman–Crippen LogP) is 5.41. The number of hydrogen-bond donors (Lipinski definition) is 1. The van der Waals surface area contributed by atoms with Crippen LogP contribution in [0.1, 0.15) is 31.7 Å². The number of hydrogen-bond acceptors (Lipinski definition) is 5. The van der Waals surface area contributed by atoms with Gasteiger partial charge in [-0.1, -0.05) is 37.6 Å². The first kappa shape index (κ1) is 19.6. The highest BCUT2D eigenvalue weighted by Crippen LogP contribution is 2.26. The van der Waals surface area contributed by atoms with Gasteiger partial charge in [0.1, 0.15) is 11.6 Å². The summed E-state index contributed by atoms with van der Waals surface area (Å²) in [4.78, 5) is 2.37. The predicted molar refractivity (Wildman–Crippen MR) is 116 cm³/mol. The maximum atomic E-state index is 5.94. The minimum Gasteiger partial charge on any atom is -0.494 e. The number of fused-ring (bicyclic) bond motifs is 1. The Labute approximate surface area is 166 Å². The summed E-state index contributed by atoms with van der Waals surface area (Å²) in [6.45, 7) is 5.89. The van der Waals surface area contributed by atoms with Gasteiger partial charge in [0.25, 0.3) is 0 Å².